The molecule has 0 aliphatic heterocycles. The van der Waals surface area contributed by atoms with E-state index in [1.165, 1.54) is 0 Å². The second-order valence-corrected chi connectivity index (χ2v) is 5.11. The van der Waals surface area contributed by atoms with E-state index in [2.05, 4.69) is 29.4 Å². The molecule has 0 bridgehead atoms. The van der Waals surface area contributed by atoms with E-state index in [0.717, 1.165) is 6.42 Å². The Kier molecular flexibility index (Phi) is 4.09. The number of nitrogens with one attached hydrogen (secondary N) is 1. The maximum atomic E-state index is 6.05. The fourth-order valence-electron chi connectivity index (χ4n) is 1.45. The minimum atomic E-state index is 0.315. The summed E-state index contributed by atoms with van der Waals surface area (Å²) < 4.78 is 5.46. The van der Waals surface area contributed by atoms with Gasteiger partial charge in [0.15, 0.2) is 0 Å². The SMILES string of the molecule is CC(C)Cc1nnc(Nc2cccc(Cl)c2Cl)o1. The van der Waals surface area contributed by atoms with Crippen LogP contribution >= 0.6 is 23.2 Å². The van der Waals surface area contributed by atoms with Crippen molar-refractivity contribution in [1.82, 2.24) is 10.2 Å². The zero-order valence-electron chi connectivity index (χ0n) is 10.1. The Bertz CT molecular complexity index is 540. The lowest BCUT2D eigenvalue weighted by Gasteiger charge is -2.04. The van der Waals surface area contributed by atoms with Gasteiger partial charge in [-0.3, -0.25) is 0 Å². The molecule has 1 aromatic carbocycles. The summed E-state index contributed by atoms with van der Waals surface area (Å²) in [4.78, 5) is 0. The van der Waals surface area contributed by atoms with E-state index in [9.17, 15) is 0 Å². The van der Waals surface area contributed by atoms with Crippen LogP contribution in [0.2, 0.25) is 10.0 Å². The summed E-state index contributed by atoms with van der Waals surface area (Å²) in [5, 5.41) is 11.7. The molecule has 1 N–H and O–H groups in total. The smallest absolute Gasteiger partial charge is 0.320 e. The van der Waals surface area contributed by atoms with Crippen LogP contribution in [0.5, 0.6) is 0 Å². The Labute approximate surface area is 115 Å². The molecule has 0 aliphatic carbocycles. The Hall–Kier alpha value is -1.26. The third kappa shape index (κ3) is 3.15. The molecule has 0 aliphatic rings. The first-order chi connectivity index (χ1) is 8.56. The summed E-state index contributed by atoms with van der Waals surface area (Å²) in [6.45, 7) is 4.18. The van der Waals surface area contributed by atoms with Crippen LogP contribution < -0.4 is 5.32 Å². The quantitative estimate of drug-likeness (QED) is 0.909. The van der Waals surface area contributed by atoms with Gasteiger partial charge in [0.05, 0.1) is 15.7 Å². The lowest BCUT2D eigenvalue weighted by Crippen LogP contribution is -1.93. The molecule has 4 nitrogen and oxygen atoms in total. The minimum Gasteiger partial charge on any atom is -0.408 e. The summed E-state index contributed by atoms with van der Waals surface area (Å²) in [6.07, 6.45) is 0.748. The Morgan fingerprint density at radius 3 is 2.78 bits per heavy atom. The van der Waals surface area contributed by atoms with Crippen LogP contribution in [0.1, 0.15) is 19.7 Å². The zero-order chi connectivity index (χ0) is 13.1. The maximum Gasteiger partial charge on any atom is 0.320 e. The van der Waals surface area contributed by atoms with Gasteiger partial charge in [-0.1, -0.05) is 48.2 Å². The monoisotopic (exact) mass is 285 g/mol. The summed E-state index contributed by atoms with van der Waals surface area (Å²) >= 11 is 12.0. The molecule has 0 amide bonds. The van der Waals surface area contributed by atoms with Crippen molar-refractivity contribution in [3.63, 3.8) is 0 Å². The van der Waals surface area contributed by atoms with E-state index < -0.39 is 0 Å². The van der Waals surface area contributed by atoms with Crippen molar-refractivity contribution in [3.05, 3.63) is 34.1 Å². The first-order valence-corrected chi connectivity index (χ1v) is 6.35. The number of benzene rings is 1. The molecule has 0 saturated carbocycles. The predicted molar refractivity (Wildman–Crippen MR) is 72.6 cm³/mol. The number of halogens is 2. The molecule has 2 rings (SSSR count). The van der Waals surface area contributed by atoms with Crippen molar-refractivity contribution in [3.8, 4) is 0 Å². The average Bonchev–Trinajstić information content (AvgIpc) is 2.71. The van der Waals surface area contributed by atoms with Gasteiger partial charge in [-0.05, 0) is 18.1 Å². The minimum absolute atomic E-state index is 0.315. The zero-order valence-corrected chi connectivity index (χ0v) is 11.6. The Morgan fingerprint density at radius 1 is 1.28 bits per heavy atom. The maximum absolute atomic E-state index is 6.05. The predicted octanol–water partition coefficient (Wildman–Crippen LogP) is 4.32. The second-order valence-electron chi connectivity index (χ2n) is 4.33. The highest BCUT2D eigenvalue weighted by atomic mass is 35.5. The van der Waals surface area contributed by atoms with Gasteiger partial charge >= 0.3 is 6.01 Å². The molecule has 96 valence electrons. The molecule has 0 fully saturated rings. The van der Waals surface area contributed by atoms with E-state index in [1.54, 1.807) is 18.2 Å². The van der Waals surface area contributed by atoms with Gasteiger partial charge < -0.3 is 9.73 Å². The number of anilines is 2. The van der Waals surface area contributed by atoms with Gasteiger partial charge in [0, 0.05) is 6.42 Å². The average molecular weight is 286 g/mol. The normalized spacial score (nSPS) is 10.9. The van der Waals surface area contributed by atoms with Gasteiger partial charge in [0.25, 0.3) is 0 Å². The van der Waals surface area contributed by atoms with Crippen LogP contribution in [0.25, 0.3) is 0 Å². The third-order valence-electron chi connectivity index (χ3n) is 2.24. The van der Waals surface area contributed by atoms with Gasteiger partial charge in [-0.15, -0.1) is 5.10 Å². The van der Waals surface area contributed by atoms with E-state index in [0.29, 0.717) is 33.6 Å². The highest BCUT2D eigenvalue weighted by molar-refractivity contribution is 6.43. The molecule has 0 spiro atoms. The molecule has 2 aromatic rings. The summed E-state index contributed by atoms with van der Waals surface area (Å²) in [5.41, 5.74) is 0.643. The first kappa shape index (κ1) is 13.2. The summed E-state index contributed by atoms with van der Waals surface area (Å²) in [6, 6.07) is 5.62. The molecular weight excluding hydrogens is 273 g/mol. The molecule has 0 saturated heterocycles. The number of nitrogens with zero attached hydrogens (tertiary/aromatic N) is 2. The molecule has 6 heteroatoms. The van der Waals surface area contributed by atoms with Gasteiger partial charge in [0.1, 0.15) is 0 Å². The number of hydrogen-bond acceptors (Lipinski definition) is 4. The molecule has 1 heterocycles. The first-order valence-electron chi connectivity index (χ1n) is 5.59. The van der Waals surface area contributed by atoms with Crippen LogP contribution in [0.3, 0.4) is 0 Å². The van der Waals surface area contributed by atoms with Gasteiger partial charge in [-0.2, -0.15) is 0 Å². The van der Waals surface area contributed by atoms with E-state index >= 15 is 0 Å². The second kappa shape index (κ2) is 5.59. The van der Waals surface area contributed by atoms with Crippen molar-refractivity contribution in [2.45, 2.75) is 20.3 Å². The number of hydrogen-bond donors (Lipinski definition) is 1. The third-order valence-corrected chi connectivity index (χ3v) is 3.06. The molecule has 18 heavy (non-hydrogen) atoms. The van der Waals surface area contributed by atoms with Crippen LogP contribution in [0, 0.1) is 5.92 Å². The van der Waals surface area contributed by atoms with Crippen molar-refractivity contribution >= 4 is 34.9 Å². The lowest BCUT2D eigenvalue weighted by atomic mass is 10.1. The molecule has 1 aromatic heterocycles. The van der Waals surface area contributed by atoms with Crippen LogP contribution in [0.4, 0.5) is 11.7 Å². The van der Waals surface area contributed by atoms with Crippen LogP contribution in [-0.2, 0) is 6.42 Å². The van der Waals surface area contributed by atoms with E-state index in [1.807, 2.05) is 0 Å². The topological polar surface area (TPSA) is 51.0 Å². The fraction of sp³-hybridized carbons (Fsp3) is 0.333. The van der Waals surface area contributed by atoms with E-state index in [4.69, 9.17) is 27.6 Å². The summed E-state index contributed by atoms with van der Waals surface area (Å²) in [7, 11) is 0. The highest BCUT2D eigenvalue weighted by Crippen LogP contribution is 2.31. The van der Waals surface area contributed by atoms with Crippen molar-refractivity contribution in [2.75, 3.05) is 5.32 Å². The van der Waals surface area contributed by atoms with E-state index in [-0.39, 0.29) is 0 Å². The van der Waals surface area contributed by atoms with Crippen molar-refractivity contribution in [1.29, 1.82) is 0 Å². The van der Waals surface area contributed by atoms with Crippen molar-refractivity contribution in [2.24, 2.45) is 5.92 Å². The Morgan fingerprint density at radius 2 is 2.06 bits per heavy atom. The van der Waals surface area contributed by atoms with Gasteiger partial charge in [-0.25, -0.2) is 0 Å². The molecule has 0 unspecified atom stereocenters. The number of rotatable bonds is 4. The van der Waals surface area contributed by atoms with Gasteiger partial charge in [0.2, 0.25) is 5.89 Å². The largest absolute Gasteiger partial charge is 0.408 e. The Balaban J connectivity index is 2.14. The molecule has 0 atom stereocenters. The lowest BCUT2D eigenvalue weighted by molar-refractivity contribution is 0.468. The van der Waals surface area contributed by atoms with Crippen molar-refractivity contribution < 1.29 is 4.42 Å². The molecule has 0 radical (unpaired) electrons. The highest BCUT2D eigenvalue weighted by Gasteiger charge is 2.10. The standard InChI is InChI=1S/C12H13Cl2N3O/c1-7(2)6-10-16-17-12(18-10)15-9-5-3-4-8(13)11(9)14/h3-5,7H,6H2,1-2H3,(H,15,17). The van der Waals surface area contributed by atoms with Crippen LogP contribution in [-0.4, -0.2) is 10.2 Å². The fourth-order valence-corrected chi connectivity index (χ4v) is 1.80. The number of aromatic nitrogens is 2. The molecular formula is C12H13Cl2N3O. The van der Waals surface area contributed by atoms with Crippen LogP contribution in [0.15, 0.2) is 22.6 Å². The summed E-state index contributed by atoms with van der Waals surface area (Å²) in [5.74, 6) is 1.07.